The molecule has 0 unspecified atom stereocenters. The Morgan fingerprint density at radius 2 is 2.17 bits per heavy atom. The molecule has 2 aromatic rings. The number of carbonyl (C=O) groups is 2. The van der Waals surface area contributed by atoms with Crippen molar-refractivity contribution in [2.24, 2.45) is 0 Å². The Balaban J connectivity index is 1.58. The van der Waals surface area contributed by atoms with Crippen LogP contribution in [0.15, 0.2) is 29.6 Å². The number of halogens is 1. The van der Waals surface area contributed by atoms with Gasteiger partial charge in [0.15, 0.2) is 6.61 Å². The number of thiophene rings is 1. The summed E-state index contributed by atoms with van der Waals surface area (Å²) in [7, 11) is 0. The third kappa shape index (κ3) is 3.48. The van der Waals surface area contributed by atoms with Gasteiger partial charge in [0, 0.05) is 23.0 Å². The second-order valence-corrected chi connectivity index (χ2v) is 6.61. The van der Waals surface area contributed by atoms with E-state index in [0.29, 0.717) is 18.1 Å². The van der Waals surface area contributed by atoms with Gasteiger partial charge in [0.2, 0.25) is 0 Å². The van der Waals surface area contributed by atoms with Gasteiger partial charge in [0.05, 0.1) is 0 Å². The summed E-state index contributed by atoms with van der Waals surface area (Å²) in [6.45, 7) is 0.817. The van der Waals surface area contributed by atoms with Crippen LogP contribution in [0.3, 0.4) is 0 Å². The predicted octanol–water partition coefficient (Wildman–Crippen LogP) is 2.85. The molecular formula is C16H14ClNO4S. The first-order valence-corrected chi connectivity index (χ1v) is 8.29. The topological polar surface area (TPSA) is 66.8 Å². The minimum atomic E-state index is -0.749. The van der Waals surface area contributed by atoms with Gasteiger partial charge in [-0.05, 0) is 41.6 Å². The summed E-state index contributed by atoms with van der Waals surface area (Å²) < 4.78 is 5.00. The lowest BCUT2D eigenvalue weighted by molar-refractivity contribution is -0.135. The summed E-state index contributed by atoms with van der Waals surface area (Å²) in [5.74, 6) is -1.26. The van der Waals surface area contributed by atoms with E-state index in [1.807, 2.05) is 11.4 Å². The summed E-state index contributed by atoms with van der Waals surface area (Å²) in [6.07, 6.45) is 0.824. The van der Waals surface area contributed by atoms with E-state index >= 15 is 0 Å². The van der Waals surface area contributed by atoms with Crippen LogP contribution >= 0.6 is 22.9 Å². The number of ether oxygens (including phenoxy) is 1. The summed E-state index contributed by atoms with van der Waals surface area (Å²) in [5, 5.41) is 12.0. The molecule has 23 heavy (non-hydrogen) atoms. The molecule has 0 bridgehead atoms. The fraction of sp³-hybridized carbons (Fsp3) is 0.250. The molecule has 7 heteroatoms. The molecule has 0 saturated carbocycles. The van der Waals surface area contributed by atoms with Gasteiger partial charge in [-0.3, -0.25) is 4.79 Å². The van der Waals surface area contributed by atoms with Gasteiger partial charge < -0.3 is 14.7 Å². The molecule has 1 aromatic heterocycles. The summed E-state index contributed by atoms with van der Waals surface area (Å²) >= 11 is 7.41. The Morgan fingerprint density at radius 1 is 1.35 bits per heavy atom. The van der Waals surface area contributed by atoms with Crippen molar-refractivity contribution in [2.75, 3.05) is 13.2 Å². The van der Waals surface area contributed by atoms with Crippen LogP contribution < -0.4 is 0 Å². The summed E-state index contributed by atoms with van der Waals surface area (Å²) in [4.78, 5) is 27.1. The molecule has 3 rings (SSSR count). The van der Waals surface area contributed by atoms with Crippen molar-refractivity contribution < 1.29 is 19.4 Å². The minimum absolute atomic E-state index is 0.0130. The number of nitrogens with zero attached hydrogens (tertiary/aromatic N) is 1. The van der Waals surface area contributed by atoms with E-state index in [1.54, 1.807) is 16.2 Å². The quantitative estimate of drug-likeness (QED) is 0.863. The standard InChI is InChI=1S/C16H14ClNO4S/c17-11-1-2-12(13(19)7-11)16(21)22-9-15(20)18-5-3-14-10(8-18)4-6-23-14/h1-2,4,6-7,19H,3,5,8-9H2. The zero-order valence-corrected chi connectivity index (χ0v) is 13.7. The predicted molar refractivity (Wildman–Crippen MR) is 86.8 cm³/mol. The van der Waals surface area contributed by atoms with Crippen LogP contribution in [-0.4, -0.2) is 35.0 Å². The Morgan fingerprint density at radius 3 is 2.96 bits per heavy atom. The smallest absolute Gasteiger partial charge is 0.342 e. The lowest BCUT2D eigenvalue weighted by atomic mass is 10.1. The molecule has 0 spiro atoms. The molecule has 0 fully saturated rings. The Kier molecular flexibility index (Phi) is 4.54. The number of amides is 1. The molecule has 0 atom stereocenters. The van der Waals surface area contributed by atoms with Crippen LogP contribution in [0.25, 0.3) is 0 Å². The molecule has 120 valence electrons. The third-order valence-electron chi connectivity index (χ3n) is 3.67. The van der Waals surface area contributed by atoms with Gasteiger partial charge >= 0.3 is 5.97 Å². The highest BCUT2D eigenvalue weighted by molar-refractivity contribution is 7.10. The maximum absolute atomic E-state index is 12.2. The van der Waals surface area contributed by atoms with Crippen molar-refractivity contribution in [1.29, 1.82) is 0 Å². The third-order valence-corrected chi connectivity index (χ3v) is 4.92. The average Bonchev–Trinajstić information content (AvgIpc) is 2.99. The van der Waals surface area contributed by atoms with Gasteiger partial charge in [-0.1, -0.05) is 11.6 Å². The molecule has 1 aliphatic heterocycles. The first-order chi connectivity index (χ1) is 11.0. The largest absolute Gasteiger partial charge is 0.507 e. The first kappa shape index (κ1) is 15.8. The van der Waals surface area contributed by atoms with Crippen LogP contribution in [0.4, 0.5) is 0 Å². The number of carbonyl (C=O) groups excluding carboxylic acids is 2. The molecule has 2 heterocycles. The van der Waals surface area contributed by atoms with Gasteiger partial charge in [-0.25, -0.2) is 4.79 Å². The van der Waals surface area contributed by atoms with Crippen LogP contribution in [0.1, 0.15) is 20.8 Å². The number of aromatic hydroxyl groups is 1. The van der Waals surface area contributed by atoms with E-state index in [0.717, 1.165) is 12.0 Å². The normalized spacial score (nSPS) is 13.5. The highest BCUT2D eigenvalue weighted by Gasteiger charge is 2.23. The van der Waals surface area contributed by atoms with Crippen LogP contribution in [0.5, 0.6) is 5.75 Å². The van der Waals surface area contributed by atoms with Gasteiger partial charge in [0.1, 0.15) is 11.3 Å². The molecule has 1 aliphatic rings. The average molecular weight is 352 g/mol. The molecule has 0 radical (unpaired) electrons. The lowest BCUT2D eigenvalue weighted by Gasteiger charge is -2.26. The number of esters is 1. The number of rotatable bonds is 3. The highest BCUT2D eigenvalue weighted by atomic mass is 35.5. The van der Waals surface area contributed by atoms with E-state index in [9.17, 15) is 14.7 Å². The van der Waals surface area contributed by atoms with Crippen molar-refractivity contribution >= 4 is 34.8 Å². The number of hydrogen-bond acceptors (Lipinski definition) is 5. The summed E-state index contributed by atoms with van der Waals surface area (Å²) in [5.41, 5.74) is 1.14. The fourth-order valence-electron chi connectivity index (χ4n) is 2.44. The second-order valence-electron chi connectivity index (χ2n) is 5.17. The van der Waals surface area contributed by atoms with E-state index in [4.69, 9.17) is 16.3 Å². The zero-order valence-electron chi connectivity index (χ0n) is 12.1. The molecular weight excluding hydrogens is 338 g/mol. The molecule has 1 aromatic carbocycles. The lowest BCUT2D eigenvalue weighted by Crippen LogP contribution is -2.38. The number of hydrogen-bond donors (Lipinski definition) is 1. The Hall–Kier alpha value is -2.05. The Labute approximate surface area is 142 Å². The maximum atomic E-state index is 12.2. The van der Waals surface area contributed by atoms with Gasteiger partial charge in [-0.2, -0.15) is 0 Å². The monoisotopic (exact) mass is 351 g/mol. The van der Waals surface area contributed by atoms with Crippen molar-refractivity contribution in [3.63, 3.8) is 0 Å². The fourth-order valence-corrected chi connectivity index (χ4v) is 3.49. The van der Waals surface area contributed by atoms with E-state index in [2.05, 4.69) is 0 Å². The van der Waals surface area contributed by atoms with E-state index < -0.39 is 5.97 Å². The summed E-state index contributed by atoms with van der Waals surface area (Å²) in [6, 6.07) is 6.10. The Bertz CT molecular complexity index is 758. The highest BCUT2D eigenvalue weighted by Crippen LogP contribution is 2.25. The number of fused-ring (bicyclic) bond motifs is 1. The molecule has 5 nitrogen and oxygen atoms in total. The molecule has 1 N–H and O–H groups in total. The van der Waals surface area contributed by atoms with Crippen molar-refractivity contribution in [1.82, 2.24) is 4.90 Å². The van der Waals surface area contributed by atoms with Crippen LogP contribution in [-0.2, 0) is 22.5 Å². The molecule has 1 amide bonds. The zero-order chi connectivity index (χ0) is 16.4. The van der Waals surface area contributed by atoms with Crippen molar-refractivity contribution in [2.45, 2.75) is 13.0 Å². The van der Waals surface area contributed by atoms with E-state index in [1.165, 1.54) is 23.1 Å². The van der Waals surface area contributed by atoms with Gasteiger partial charge in [-0.15, -0.1) is 11.3 Å². The van der Waals surface area contributed by atoms with Crippen molar-refractivity contribution in [3.05, 3.63) is 50.7 Å². The number of benzene rings is 1. The number of phenols is 1. The van der Waals surface area contributed by atoms with Crippen LogP contribution in [0, 0.1) is 0 Å². The van der Waals surface area contributed by atoms with Gasteiger partial charge in [0.25, 0.3) is 5.91 Å². The SMILES string of the molecule is O=C(OCC(=O)N1CCc2sccc2C1)c1ccc(Cl)cc1O. The maximum Gasteiger partial charge on any atom is 0.342 e. The first-order valence-electron chi connectivity index (χ1n) is 7.03. The minimum Gasteiger partial charge on any atom is -0.507 e. The van der Waals surface area contributed by atoms with E-state index in [-0.39, 0.29) is 23.8 Å². The van der Waals surface area contributed by atoms with Crippen LogP contribution in [0.2, 0.25) is 5.02 Å². The number of phenolic OH excluding ortho intramolecular Hbond substituents is 1. The van der Waals surface area contributed by atoms with Crippen molar-refractivity contribution in [3.8, 4) is 5.75 Å². The molecule has 0 aliphatic carbocycles. The molecule has 0 saturated heterocycles. The second kappa shape index (κ2) is 6.60.